The maximum absolute atomic E-state index is 13.1. The molecular formula is C20H19N3O4S. The van der Waals surface area contributed by atoms with Gasteiger partial charge in [0, 0.05) is 30.4 Å². The fourth-order valence-corrected chi connectivity index (χ4v) is 3.94. The highest BCUT2D eigenvalue weighted by Gasteiger charge is 2.33. The Balaban J connectivity index is 1.57. The van der Waals surface area contributed by atoms with E-state index >= 15 is 0 Å². The van der Waals surface area contributed by atoms with Crippen molar-refractivity contribution < 1.29 is 19.1 Å². The van der Waals surface area contributed by atoms with Crippen molar-refractivity contribution in [2.75, 3.05) is 6.54 Å². The van der Waals surface area contributed by atoms with Gasteiger partial charge in [0.2, 0.25) is 5.78 Å². The molecule has 1 aliphatic carbocycles. The van der Waals surface area contributed by atoms with Crippen molar-refractivity contribution >= 4 is 39.2 Å². The average Bonchev–Trinajstić information content (AvgIpc) is 3.23. The van der Waals surface area contributed by atoms with E-state index in [1.807, 2.05) is 0 Å². The minimum atomic E-state index is -0.579. The maximum Gasteiger partial charge on any atom is 0.407 e. The third-order valence-corrected chi connectivity index (χ3v) is 5.20. The van der Waals surface area contributed by atoms with Gasteiger partial charge in [0.15, 0.2) is 5.78 Å². The Morgan fingerprint density at radius 1 is 1.18 bits per heavy atom. The summed E-state index contributed by atoms with van der Waals surface area (Å²) in [7, 11) is 0. The quantitative estimate of drug-likeness (QED) is 0.572. The molecule has 0 radical (unpaired) electrons. The number of ether oxygens (including phenoxy) is 1. The standard InChI is InChI=1S/C20H19N3O4S/c1-20(2,3)27-19(26)21-5-7-23-6-4-11-16(23)18(25)13-9-15-14(22-10-28-15)8-12(13)17(11)24/h4,6,8-10H,5,7H2,1-3H3,(H,21,26). The summed E-state index contributed by atoms with van der Waals surface area (Å²) in [6, 6.07) is 5.07. The van der Waals surface area contributed by atoms with Gasteiger partial charge in [0.1, 0.15) is 11.3 Å². The van der Waals surface area contributed by atoms with Crippen LogP contribution in [0.5, 0.6) is 0 Å². The van der Waals surface area contributed by atoms with Crippen molar-refractivity contribution in [3.63, 3.8) is 0 Å². The van der Waals surface area contributed by atoms with Crippen LogP contribution < -0.4 is 5.32 Å². The number of carbonyl (C=O) groups is 3. The molecule has 1 aromatic carbocycles. The monoisotopic (exact) mass is 397 g/mol. The van der Waals surface area contributed by atoms with Gasteiger partial charge in [0.25, 0.3) is 0 Å². The molecule has 0 bridgehead atoms. The van der Waals surface area contributed by atoms with E-state index < -0.39 is 11.7 Å². The lowest BCUT2D eigenvalue weighted by Gasteiger charge is -2.20. The van der Waals surface area contributed by atoms with Gasteiger partial charge in [-0.15, -0.1) is 11.3 Å². The van der Waals surface area contributed by atoms with Crippen LogP contribution in [0.25, 0.3) is 10.2 Å². The Labute approximate surface area is 165 Å². The van der Waals surface area contributed by atoms with Crippen molar-refractivity contribution in [3.8, 4) is 0 Å². The number of hydrogen-bond acceptors (Lipinski definition) is 6. The van der Waals surface area contributed by atoms with Crippen molar-refractivity contribution in [1.82, 2.24) is 14.9 Å². The van der Waals surface area contributed by atoms with Gasteiger partial charge < -0.3 is 14.6 Å². The van der Waals surface area contributed by atoms with Crippen LogP contribution >= 0.6 is 11.3 Å². The third-order valence-electron chi connectivity index (χ3n) is 4.40. The molecule has 0 saturated carbocycles. The summed E-state index contributed by atoms with van der Waals surface area (Å²) in [6.07, 6.45) is 1.18. The summed E-state index contributed by atoms with van der Waals surface area (Å²) in [4.78, 5) is 42.0. The molecule has 1 amide bonds. The smallest absolute Gasteiger partial charge is 0.407 e. The third kappa shape index (κ3) is 3.20. The summed E-state index contributed by atoms with van der Waals surface area (Å²) in [6.45, 7) is 5.99. The lowest BCUT2D eigenvalue weighted by atomic mass is 9.88. The number of hydrogen-bond donors (Lipinski definition) is 1. The first-order valence-electron chi connectivity index (χ1n) is 8.87. The van der Waals surface area contributed by atoms with Gasteiger partial charge in [-0.3, -0.25) is 9.59 Å². The predicted molar refractivity (Wildman–Crippen MR) is 105 cm³/mol. The molecule has 2 heterocycles. The van der Waals surface area contributed by atoms with E-state index in [1.54, 1.807) is 55.2 Å². The molecular weight excluding hydrogens is 378 g/mol. The molecule has 1 aliphatic rings. The molecule has 144 valence electrons. The number of thiazole rings is 1. The van der Waals surface area contributed by atoms with Crippen LogP contribution in [0, 0.1) is 0 Å². The Bertz CT molecular complexity index is 1120. The van der Waals surface area contributed by atoms with Crippen LogP contribution in [0.3, 0.4) is 0 Å². The molecule has 4 rings (SSSR count). The Kier molecular flexibility index (Phi) is 4.30. The van der Waals surface area contributed by atoms with Gasteiger partial charge in [-0.2, -0.15) is 0 Å². The molecule has 1 N–H and O–H groups in total. The van der Waals surface area contributed by atoms with Gasteiger partial charge in [-0.05, 0) is 39.0 Å². The summed E-state index contributed by atoms with van der Waals surface area (Å²) >= 11 is 1.43. The second-order valence-corrected chi connectivity index (χ2v) is 8.46. The van der Waals surface area contributed by atoms with Gasteiger partial charge in [0.05, 0.1) is 21.3 Å². The highest BCUT2D eigenvalue weighted by atomic mass is 32.1. The summed E-state index contributed by atoms with van der Waals surface area (Å²) < 4.78 is 7.77. The summed E-state index contributed by atoms with van der Waals surface area (Å²) in [5.74, 6) is -0.375. The SMILES string of the molecule is CC(C)(C)OC(=O)NCCn1ccc2c1C(=O)c1cc3scnc3cc1C2=O. The molecule has 0 spiro atoms. The average molecular weight is 397 g/mol. The van der Waals surface area contributed by atoms with Gasteiger partial charge in [-0.1, -0.05) is 0 Å². The number of ketones is 2. The number of carbonyl (C=O) groups excluding carboxylic acids is 3. The molecule has 3 aromatic rings. The zero-order valence-electron chi connectivity index (χ0n) is 15.7. The van der Waals surface area contributed by atoms with Crippen molar-refractivity contribution in [2.24, 2.45) is 0 Å². The molecule has 0 unspecified atom stereocenters. The lowest BCUT2D eigenvalue weighted by Crippen LogP contribution is -2.34. The number of amides is 1. The lowest BCUT2D eigenvalue weighted by molar-refractivity contribution is 0.0526. The van der Waals surface area contributed by atoms with E-state index in [2.05, 4.69) is 10.3 Å². The molecule has 7 nitrogen and oxygen atoms in total. The van der Waals surface area contributed by atoms with Crippen LogP contribution in [0.2, 0.25) is 0 Å². The van der Waals surface area contributed by atoms with Crippen molar-refractivity contribution in [1.29, 1.82) is 0 Å². The van der Waals surface area contributed by atoms with Crippen molar-refractivity contribution in [2.45, 2.75) is 32.9 Å². The number of fused-ring (bicyclic) bond motifs is 3. The number of rotatable bonds is 3. The number of nitrogens with one attached hydrogen (secondary N) is 1. The molecule has 0 saturated heterocycles. The number of nitrogens with zero attached hydrogens (tertiary/aromatic N) is 2. The van der Waals surface area contributed by atoms with Gasteiger partial charge in [-0.25, -0.2) is 9.78 Å². The molecule has 0 fully saturated rings. The summed E-state index contributed by atoms with van der Waals surface area (Å²) in [5.41, 5.74) is 3.35. The van der Waals surface area contributed by atoms with E-state index in [4.69, 9.17) is 4.74 Å². The van der Waals surface area contributed by atoms with E-state index in [0.717, 1.165) is 4.70 Å². The first kappa shape index (κ1) is 18.4. The zero-order chi connectivity index (χ0) is 20.1. The topological polar surface area (TPSA) is 90.3 Å². The number of benzene rings is 1. The van der Waals surface area contributed by atoms with Crippen molar-refractivity contribution in [3.05, 3.63) is 52.3 Å². The molecule has 8 heteroatoms. The normalized spacial score (nSPS) is 13.4. The van der Waals surface area contributed by atoms with Gasteiger partial charge >= 0.3 is 6.09 Å². The predicted octanol–water partition coefficient (Wildman–Crippen LogP) is 3.40. The summed E-state index contributed by atoms with van der Waals surface area (Å²) in [5, 5.41) is 2.67. The highest BCUT2D eigenvalue weighted by molar-refractivity contribution is 7.16. The van der Waals surface area contributed by atoms with E-state index in [0.29, 0.717) is 34.4 Å². The largest absolute Gasteiger partial charge is 0.444 e. The number of aromatic nitrogens is 2. The number of alkyl carbamates (subject to hydrolysis) is 1. The first-order chi connectivity index (χ1) is 13.2. The Hall–Kier alpha value is -3.00. The van der Waals surface area contributed by atoms with E-state index in [1.165, 1.54) is 11.3 Å². The minimum absolute atomic E-state index is 0.182. The minimum Gasteiger partial charge on any atom is -0.444 e. The maximum atomic E-state index is 13.1. The van der Waals surface area contributed by atoms with Crippen LogP contribution in [0.1, 0.15) is 52.7 Å². The second-order valence-electron chi connectivity index (χ2n) is 7.58. The van der Waals surface area contributed by atoms with E-state index in [9.17, 15) is 14.4 Å². The Morgan fingerprint density at radius 3 is 2.68 bits per heavy atom. The molecule has 2 aromatic heterocycles. The second kappa shape index (κ2) is 6.56. The molecule has 0 aliphatic heterocycles. The van der Waals surface area contributed by atoms with Crippen LogP contribution in [-0.2, 0) is 11.3 Å². The van der Waals surface area contributed by atoms with E-state index in [-0.39, 0.29) is 18.1 Å². The fraction of sp³-hybridized carbons (Fsp3) is 0.300. The highest BCUT2D eigenvalue weighted by Crippen LogP contribution is 2.32. The molecule has 28 heavy (non-hydrogen) atoms. The Morgan fingerprint density at radius 2 is 1.93 bits per heavy atom. The van der Waals surface area contributed by atoms with Crippen LogP contribution in [-0.4, -0.2) is 39.4 Å². The first-order valence-corrected chi connectivity index (χ1v) is 9.75. The van der Waals surface area contributed by atoms with Crippen LogP contribution in [0.15, 0.2) is 29.9 Å². The van der Waals surface area contributed by atoms with Crippen LogP contribution in [0.4, 0.5) is 4.79 Å². The zero-order valence-corrected chi connectivity index (χ0v) is 16.6. The molecule has 0 atom stereocenters. The fourth-order valence-electron chi connectivity index (χ4n) is 3.24.